The quantitative estimate of drug-likeness (QED) is 0.648. The van der Waals surface area contributed by atoms with Crippen molar-refractivity contribution in [3.05, 3.63) is 0 Å². The normalized spacial score (nSPS) is 11.2. The van der Waals surface area contributed by atoms with Crippen LogP contribution < -0.4 is 0 Å². The van der Waals surface area contributed by atoms with Crippen LogP contribution in [0.4, 0.5) is 0 Å². The zero-order valence-corrected chi connectivity index (χ0v) is 10.8. The zero-order valence-electron chi connectivity index (χ0n) is 10.0. The Bertz CT molecular complexity index is 348. The molecule has 5 nitrogen and oxygen atoms in total. The standard InChI is InChI=1S/C10H19NO4S/c1-4-10(13)11(5-2)7-9(12)8-16(14,15)6-3/h4-8H2,1-3H3. The SMILES string of the molecule is CCC(=O)N(CC)CC(=O)CS(=O)(=O)CC. The highest BCUT2D eigenvalue weighted by molar-refractivity contribution is 7.92. The molecule has 0 heterocycles. The van der Waals surface area contributed by atoms with Crippen LogP contribution in [-0.4, -0.2) is 49.6 Å². The van der Waals surface area contributed by atoms with Crippen molar-refractivity contribution in [3.8, 4) is 0 Å². The zero-order chi connectivity index (χ0) is 12.8. The molecule has 0 aromatic heterocycles. The molecule has 94 valence electrons. The van der Waals surface area contributed by atoms with Crippen LogP contribution in [-0.2, 0) is 19.4 Å². The van der Waals surface area contributed by atoms with Gasteiger partial charge in [0, 0.05) is 18.7 Å². The maximum Gasteiger partial charge on any atom is 0.222 e. The maximum atomic E-state index is 11.4. The summed E-state index contributed by atoms with van der Waals surface area (Å²) in [5.41, 5.74) is 0. The number of carbonyl (C=O) groups excluding carboxylic acids is 2. The average molecular weight is 249 g/mol. The molecule has 1 amide bonds. The van der Waals surface area contributed by atoms with Crippen molar-refractivity contribution in [2.45, 2.75) is 27.2 Å². The number of amides is 1. The highest BCUT2D eigenvalue weighted by Crippen LogP contribution is 1.97. The van der Waals surface area contributed by atoms with Crippen LogP contribution in [0.2, 0.25) is 0 Å². The molecule has 0 aliphatic heterocycles. The van der Waals surface area contributed by atoms with Crippen molar-refractivity contribution in [3.63, 3.8) is 0 Å². The summed E-state index contributed by atoms with van der Waals surface area (Å²) in [7, 11) is -3.29. The molecule has 0 atom stereocenters. The van der Waals surface area contributed by atoms with Gasteiger partial charge in [0.05, 0.1) is 6.54 Å². The number of hydrogen-bond acceptors (Lipinski definition) is 4. The summed E-state index contributed by atoms with van der Waals surface area (Å²) in [6.07, 6.45) is 0.321. The third kappa shape index (κ3) is 5.25. The van der Waals surface area contributed by atoms with E-state index >= 15 is 0 Å². The van der Waals surface area contributed by atoms with Crippen LogP contribution in [0.15, 0.2) is 0 Å². The first-order valence-corrected chi connectivity index (χ1v) is 7.18. The summed E-state index contributed by atoms with van der Waals surface area (Å²) in [6, 6.07) is 0. The number of rotatable bonds is 7. The highest BCUT2D eigenvalue weighted by Gasteiger charge is 2.18. The van der Waals surface area contributed by atoms with Gasteiger partial charge in [0.2, 0.25) is 5.91 Å². The minimum atomic E-state index is -3.29. The lowest BCUT2D eigenvalue weighted by atomic mass is 10.3. The molecule has 0 unspecified atom stereocenters. The Morgan fingerprint density at radius 2 is 1.69 bits per heavy atom. The fourth-order valence-electron chi connectivity index (χ4n) is 1.21. The first-order chi connectivity index (χ1) is 7.36. The fraction of sp³-hybridized carbons (Fsp3) is 0.800. The summed E-state index contributed by atoms with van der Waals surface area (Å²) in [6.45, 7) is 5.28. The maximum absolute atomic E-state index is 11.4. The van der Waals surface area contributed by atoms with Crippen LogP contribution in [0.5, 0.6) is 0 Å². The Hall–Kier alpha value is -0.910. The summed E-state index contributed by atoms with van der Waals surface area (Å²) >= 11 is 0. The predicted molar refractivity (Wildman–Crippen MR) is 61.9 cm³/mol. The molecule has 0 saturated carbocycles. The molecule has 0 aliphatic carbocycles. The summed E-state index contributed by atoms with van der Waals surface area (Å²) < 4.78 is 22.4. The molecule has 0 N–H and O–H groups in total. The van der Waals surface area contributed by atoms with Gasteiger partial charge in [-0.1, -0.05) is 13.8 Å². The van der Waals surface area contributed by atoms with Gasteiger partial charge >= 0.3 is 0 Å². The van der Waals surface area contributed by atoms with E-state index in [9.17, 15) is 18.0 Å². The van der Waals surface area contributed by atoms with Crippen molar-refractivity contribution in [1.82, 2.24) is 4.90 Å². The molecule has 0 aromatic carbocycles. The van der Waals surface area contributed by atoms with Crippen molar-refractivity contribution >= 4 is 21.5 Å². The van der Waals surface area contributed by atoms with Gasteiger partial charge < -0.3 is 4.90 Å². The molecule has 0 radical (unpaired) electrons. The molecular weight excluding hydrogens is 230 g/mol. The van der Waals surface area contributed by atoms with Crippen LogP contribution in [0.3, 0.4) is 0 Å². The minimum Gasteiger partial charge on any atom is -0.336 e. The average Bonchev–Trinajstić information content (AvgIpc) is 2.24. The number of nitrogens with zero attached hydrogens (tertiary/aromatic N) is 1. The van der Waals surface area contributed by atoms with Gasteiger partial charge in [0.1, 0.15) is 5.75 Å². The van der Waals surface area contributed by atoms with Gasteiger partial charge in [-0.05, 0) is 6.92 Å². The Morgan fingerprint density at radius 3 is 2.06 bits per heavy atom. The Morgan fingerprint density at radius 1 is 1.12 bits per heavy atom. The lowest BCUT2D eigenvalue weighted by Gasteiger charge is -2.19. The van der Waals surface area contributed by atoms with Gasteiger partial charge in [0.15, 0.2) is 15.6 Å². The van der Waals surface area contributed by atoms with Crippen molar-refractivity contribution in [2.75, 3.05) is 24.6 Å². The second-order valence-corrected chi connectivity index (χ2v) is 5.83. The van der Waals surface area contributed by atoms with E-state index in [1.54, 1.807) is 13.8 Å². The molecule has 6 heteroatoms. The summed E-state index contributed by atoms with van der Waals surface area (Å²) in [5, 5.41) is 0. The van der Waals surface area contributed by atoms with Crippen molar-refractivity contribution in [1.29, 1.82) is 0 Å². The molecule has 0 spiro atoms. The molecule has 16 heavy (non-hydrogen) atoms. The molecule has 0 bridgehead atoms. The van der Waals surface area contributed by atoms with Gasteiger partial charge in [-0.25, -0.2) is 8.42 Å². The predicted octanol–water partition coefficient (Wildman–Crippen LogP) is 0.249. The lowest BCUT2D eigenvalue weighted by molar-refractivity contribution is -0.134. The highest BCUT2D eigenvalue weighted by atomic mass is 32.2. The van der Waals surface area contributed by atoms with E-state index < -0.39 is 21.4 Å². The van der Waals surface area contributed by atoms with Gasteiger partial charge in [0.25, 0.3) is 0 Å². The van der Waals surface area contributed by atoms with Crippen LogP contribution in [0, 0.1) is 0 Å². The third-order valence-electron chi connectivity index (χ3n) is 2.22. The van der Waals surface area contributed by atoms with E-state index in [0.717, 1.165) is 0 Å². The van der Waals surface area contributed by atoms with E-state index in [4.69, 9.17) is 0 Å². The third-order valence-corrected chi connectivity index (χ3v) is 3.87. The smallest absolute Gasteiger partial charge is 0.222 e. The van der Waals surface area contributed by atoms with Crippen LogP contribution in [0.1, 0.15) is 27.2 Å². The van der Waals surface area contributed by atoms with Gasteiger partial charge in [-0.2, -0.15) is 0 Å². The van der Waals surface area contributed by atoms with Gasteiger partial charge in [-0.15, -0.1) is 0 Å². The first kappa shape index (κ1) is 15.1. The summed E-state index contributed by atoms with van der Waals surface area (Å²) in [5.74, 6) is -1.08. The lowest BCUT2D eigenvalue weighted by Crippen LogP contribution is -2.37. The Labute approximate surface area is 96.7 Å². The number of sulfone groups is 1. The van der Waals surface area contributed by atoms with E-state index in [1.165, 1.54) is 11.8 Å². The van der Waals surface area contributed by atoms with Gasteiger partial charge in [-0.3, -0.25) is 9.59 Å². The fourth-order valence-corrected chi connectivity index (χ4v) is 1.99. The van der Waals surface area contributed by atoms with Crippen molar-refractivity contribution < 1.29 is 18.0 Å². The topological polar surface area (TPSA) is 71.5 Å². The largest absolute Gasteiger partial charge is 0.336 e. The second kappa shape index (κ2) is 6.62. The van der Waals surface area contributed by atoms with Crippen LogP contribution in [0.25, 0.3) is 0 Å². The monoisotopic (exact) mass is 249 g/mol. The van der Waals surface area contributed by atoms with E-state index in [0.29, 0.717) is 13.0 Å². The van der Waals surface area contributed by atoms with E-state index in [-0.39, 0.29) is 18.2 Å². The first-order valence-electron chi connectivity index (χ1n) is 5.36. The number of ketones is 1. The second-order valence-electron chi connectivity index (χ2n) is 3.48. The number of likely N-dealkylation sites (N-methyl/N-ethyl adjacent to an activating group) is 1. The Balaban J connectivity index is 4.38. The van der Waals surface area contributed by atoms with E-state index in [1.807, 2.05) is 0 Å². The number of carbonyl (C=O) groups is 2. The molecular formula is C10H19NO4S. The number of Topliss-reactive ketones (excluding diaryl/α,β-unsaturated/α-hetero) is 1. The van der Waals surface area contributed by atoms with Crippen LogP contribution >= 0.6 is 0 Å². The summed E-state index contributed by atoms with van der Waals surface area (Å²) in [4.78, 5) is 24.1. The molecule has 0 fully saturated rings. The molecule has 0 rings (SSSR count). The molecule has 0 aliphatic rings. The molecule has 0 aromatic rings. The number of hydrogen-bond donors (Lipinski definition) is 0. The van der Waals surface area contributed by atoms with E-state index in [2.05, 4.69) is 0 Å². The minimum absolute atomic E-state index is 0.0490. The Kier molecular flexibility index (Phi) is 6.25. The molecule has 0 saturated heterocycles. The van der Waals surface area contributed by atoms with Crippen molar-refractivity contribution in [2.24, 2.45) is 0 Å².